The molecule has 0 N–H and O–H groups in total. The molecule has 6 nitrogen and oxygen atoms in total. The van der Waals surface area contributed by atoms with E-state index in [2.05, 4.69) is 4.98 Å². The van der Waals surface area contributed by atoms with Gasteiger partial charge in [0.2, 0.25) is 5.39 Å². The molecular formula is C7H6ClN3O3. The van der Waals surface area contributed by atoms with E-state index in [0.29, 0.717) is 5.75 Å². The van der Waals surface area contributed by atoms with Gasteiger partial charge in [-0.05, 0) is 6.07 Å². The number of nitrogens with zero attached hydrogens (tertiary/aromatic N) is 3. The molecule has 0 unspecified atom stereocenters. The van der Waals surface area contributed by atoms with E-state index in [4.69, 9.17) is 10.1 Å². The van der Waals surface area contributed by atoms with Crippen molar-refractivity contribution in [2.75, 3.05) is 7.11 Å². The molecule has 0 bridgehead atoms. The molecule has 0 aliphatic carbocycles. The number of methoxy groups -OCH3 is 1. The van der Waals surface area contributed by atoms with Gasteiger partial charge in [0.1, 0.15) is 5.75 Å². The molecule has 1 rings (SSSR count). The van der Waals surface area contributed by atoms with Crippen molar-refractivity contribution in [3.63, 3.8) is 0 Å². The summed E-state index contributed by atoms with van der Waals surface area (Å²) in [4.78, 5) is 12.6. The third kappa shape index (κ3) is 2.31. The Morgan fingerprint density at radius 1 is 1.57 bits per heavy atom. The van der Waals surface area contributed by atoms with Crippen LogP contribution in [0.5, 0.6) is 5.75 Å². The summed E-state index contributed by atoms with van der Waals surface area (Å²) in [6.45, 7) is 0. The summed E-state index contributed by atoms with van der Waals surface area (Å²) in [7, 11) is 1.40. The van der Waals surface area contributed by atoms with Crippen molar-refractivity contribution >= 4 is 11.4 Å². The standard InChI is InChI=1S/C7H6N3O3.ClH/c1-13-5-2-3-6(9-8)7(4-5)10(11)12;/h2-4H,1H3;1H/q+1;/p-1. The molecule has 0 fully saturated rings. The number of benzene rings is 1. The van der Waals surface area contributed by atoms with Gasteiger partial charge in [0.25, 0.3) is 0 Å². The number of halogens is 1. The minimum absolute atomic E-state index is 0. The van der Waals surface area contributed by atoms with Crippen molar-refractivity contribution in [2.24, 2.45) is 0 Å². The summed E-state index contributed by atoms with van der Waals surface area (Å²) in [6, 6.07) is 3.97. The third-order valence-corrected chi connectivity index (χ3v) is 1.49. The van der Waals surface area contributed by atoms with Crippen LogP contribution >= 0.6 is 0 Å². The van der Waals surface area contributed by atoms with Crippen molar-refractivity contribution in [3.8, 4) is 5.75 Å². The molecule has 14 heavy (non-hydrogen) atoms. The molecular weight excluding hydrogens is 210 g/mol. The van der Waals surface area contributed by atoms with Crippen molar-refractivity contribution < 1.29 is 22.1 Å². The van der Waals surface area contributed by atoms with Crippen LogP contribution in [-0.2, 0) is 0 Å². The first-order chi connectivity index (χ1) is 6.19. The maximum Gasteiger partial charge on any atom is 0.461 e. The summed E-state index contributed by atoms with van der Waals surface area (Å²) in [5, 5.41) is 18.8. The molecule has 0 saturated carbocycles. The Morgan fingerprint density at radius 2 is 2.21 bits per heavy atom. The highest BCUT2D eigenvalue weighted by Crippen LogP contribution is 2.30. The lowest BCUT2D eigenvalue weighted by molar-refractivity contribution is -0.383. The Hall–Kier alpha value is -1.87. The Kier molecular flexibility index (Phi) is 4.32. The number of hydrogen-bond acceptors (Lipinski definition) is 4. The highest BCUT2D eigenvalue weighted by molar-refractivity contribution is 5.64. The zero-order valence-corrected chi connectivity index (χ0v) is 7.93. The quantitative estimate of drug-likeness (QED) is 0.364. The van der Waals surface area contributed by atoms with Gasteiger partial charge in [-0.25, -0.2) is 0 Å². The molecule has 0 atom stereocenters. The number of diazo groups is 1. The lowest BCUT2D eigenvalue weighted by Crippen LogP contribution is -3.00. The van der Waals surface area contributed by atoms with Crippen LogP contribution in [0, 0.1) is 15.5 Å². The normalized spacial score (nSPS) is 8.29. The van der Waals surface area contributed by atoms with Gasteiger partial charge in [0.05, 0.1) is 18.1 Å². The molecule has 7 heteroatoms. The number of rotatable bonds is 2. The molecule has 74 valence electrons. The van der Waals surface area contributed by atoms with Gasteiger partial charge in [-0.2, -0.15) is 0 Å². The van der Waals surface area contributed by atoms with Crippen LogP contribution in [0.15, 0.2) is 18.2 Å². The zero-order chi connectivity index (χ0) is 9.84. The fraction of sp³-hybridized carbons (Fsp3) is 0.143. The smallest absolute Gasteiger partial charge is 0.461 e. The second kappa shape index (κ2) is 4.99. The fourth-order valence-electron chi connectivity index (χ4n) is 0.861. The predicted molar refractivity (Wildman–Crippen MR) is 44.4 cm³/mol. The van der Waals surface area contributed by atoms with E-state index < -0.39 is 4.92 Å². The Morgan fingerprint density at radius 3 is 2.64 bits per heavy atom. The first-order valence-corrected chi connectivity index (χ1v) is 3.36. The largest absolute Gasteiger partial charge is 1.00 e. The lowest BCUT2D eigenvalue weighted by Gasteiger charge is -1.95. The molecule has 0 radical (unpaired) electrons. The summed E-state index contributed by atoms with van der Waals surface area (Å²) in [6.07, 6.45) is 0. The molecule has 0 spiro atoms. The average Bonchev–Trinajstić information content (AvgIpc) is 2.16. The Bertz CT molecular complexity index is 388. The van der Waals surface area contributed by atoms with Gasteiger partial charge in [-0.15, -0.1) is 0 Å². The molecule has 1 aromatic carbocycles. The zero-order valence-electron chi connectivity index (χ0n) is 7.18. The summed E-state index contributed by atoms with van der Waals surface area (Å²) < 4.78 is 4.78. The third-order valence-electron chi connectivity index (χ3n) is 1.49. The molecule has 0 amide bonds. The monoisotopic (exact) mass is 215 g/mol. The van der Waals surface area contributed by atoms with Crippen molar-refractivity contribution in [1.82, 2.24) is 0 Å². The van der Waals surface area contributed by atoms with E-state index in [-0.39, 0.29) is 23.8 Å². The Labute approximate surface area is 85.7 Å². The van der Waals surface area contributed by atoms with Crippen molar-refractivity contribution in [1.29, 1.82) is 5.39 Å². The summed E-state index contributed by atoms with van der Waals surface area (Å²) in [5.41, 5.74) is -0.382. The summed E-state index contributed by atoms with van der Waals surface area (Å²) in [5.74, 6) is 0.346. The van der Waals surface area contributed by atoms with Crippen LogP contribution in [-0.4, -0.2) is 12.0 Å². The molecule has 0 aliphatic rings. The van der Waals surface area contributed by atoms with E-state index in [9.17, 15) is 10.1 Å². The molecule has 0 saturated heterocycles. The molecule has 0 aliphatic heterocycles. The van der Waals surface area contributed by atoms with Gasteiger partial charge in [-0.3, -0.25) is 10.1 Å². The van der Waals surface area contributed by atoms with Crippen LogP contribution in [0.2, 0.25) is 0 Å². The van der Waals surface area contributed by atoms with Crippen LogP contribution in [0.1, 0.15) is 0 Å². The highest BCUT2D eigenvalue weighted by Gasteiger charge is 2.24. The maximum atomic E-state index is 10.4. The number of ether oxygens (including phenoxy) is 1. The van der Waals surface area contributed by atoms with Crippen molar-refractivity contribution in [3.05, 3.63) is 33.3 Å². The number of nitro groups is 1. The minimum Gasteiger partial charge on any atom is -1.00 e. The maximum absolute atomic E-state index is 10.4. The SMILES string of the molecule is COc1ccc([N+]#N)c([N+](=O)[O-])c1.[Cl-]. The fourth-order valence-corrected chi connectivity index (χ4v) is 0.861. The van der Waals surface area contributed by atoms with Crippen LogP contribution in [0.25, 0.3) is 4.98 Å². The van der Waals surface area contributed by atoms with Gasteiger partial charge in [0, 0.05) is 6.07 Å². The second-order valence-electron chi connectivity index (χ2n) is 2.21. The first-order valence-electron chi connectivity index (χ1n) is 3.36. The average molecular weight is 216 g/mol. The Balaban J connectivity index is 0.00000169. The molecule has 0 heterocycles. The van der Waals surface area contributed by atoms with Gasteiger partial charge in [0.15, 0.2) is 4.98 Å². The van der Waals surface area contributed by atoms with Gasteiger partial charge < -0.3 is 17.1 Å². The minimum atomic E-state index is -0.641. The second-order valence-corrected chi connectivity index (χ2v) is 2.21. The highest BCUT2D eigenvalue weighted by atomic mass is 35.5. The van der Waals surface area contributed by atoms with E-state index in [1.54, 1.807) is 0 Å². The summed E-state index contributed by atoms with van der Waals surface area (Å²) >= 11 is 0. The van der Waals surface area contributed by atoms with E-state index in [1.165, 1.54) is 25.3 Å². The molecule has 0 aromatic heterocycles. The first kappa shape index (κ1) is 12.1. The number of hydrogen-bond donors (Lipinski definition) is 0. The van der Waals surface area contributed by atoms with Crippen molar-refractivity contribution in [2.45, 2.75) is 0 Å². The van der Waals surface area contributed by atoms with E-state index in [0.717, 1.165) is 0 Å². The van der Waals surface area contributed by atoms with E-state index in [1.807, 2.05) is 0 Å². The molecule has 1 aromatic rings. The van der Waals surface area contributed by atoms with Gasteiger partial charge in [-0.1, -0.05) is 0 Å². The van der Waals surface area contributed by atoms with Crippen LogP contribution in [0.4, 0.5) is 11.4 Å². The number of nitro benzene ring substituents is 1. The lowest BCUT2D eigenvalue weighted by atomic mass is 10.2. The van der Waals surface area contributed by atoms with Crippen LogP contribution in [0.3, 0.4) is 0 Å². The van der Waals surface area contributed by atoms with E-state index >= 15 is 0 Å². The predicted octanol–water partition coefficient (Wildman–Crippen LogP) is -0.908. The topological polar surface area (TPSA) is 80.5 Å². The van der Waals surface area contributed by atoms with Gasteiger partial charge >= 0.3 is 11.4 Å². The van der Waals surface area contributed by atoms with Crippen LogP contribution < -0.4 is 17.1 Å².